The molecule has 1 nitrogen and oxygen atoms in total. The van der Waals surface area contributed by atoms with E-state index >= 15 is 0 Å². The molecule has 0 amide bonds. The maximum Gasteiger partial charge on any atom is 0.0536 e. The van der Waals surface area contributed by atoms with Crippen LogP contribution in [0.3, 0.4) is 0 Å². The Morgan fingerprint density at radius 1 is 0.926 bits per heavy atom. The molecule has 134 valence electrons. The van der Waals surface area contributed by atoms with Gasteiger partial charge in [-0.2, -0.15) is 0 Å². The molecule has 1 heteroatoms. The largest absolute Gasteiger partial charge is 0.310 e. The minimum absolute atomic E-state index is 0.485. The van der Waals surface area contributed by atoms with Gasteiger partial charge in [-0.15, -0.1) is 0 Å². The van der Waals surface area contributed by atoms with E-state index < -0.39 is 0 Å². The van der Waals surface area contributed by atoms with Crippen molar-refractivity contribution in [3.8, 4) is 0 Å². The monoisotopic (exact) mass is 351 g/mol. The number of fused-ring (bicyclic) bond motifs is 1. The van der Waals surface area contributed by atoms with E-state index in [1.54, 1.807) is 0 Å². The molecule has 0 aromatic heterocycles. The van der Waals surface area contributed by atoms with E-state index in [0.29, 0.717) is 5.92 Å². The molecule has 2 aromatic carbocycles. The van der Waals surface area contributed by atoms with Crippen LogP contribution in [0.4, 0.5) is 11.4 Å². The first-order chi connectivity index (χ1) is 13.3. The molecule has 0 aliphatic heterocycles. The van der Waals surface area contributed by atoms with E-state index in [2.05, 4.69) is 116 Å². The van der Waals surface area contributed by atoms with E-state index in [1.165, 1.54) is 33.8 Å². The summed E-state index contributed by atoms with van der Waals surface area (Å²) in [5, 5.41) is 0. The lowest BCUT2D eigenvalue weighted by molar-refractivity contribution is 0.716. The van der Waals surface area contributed by atoms with E-state index in [1.807, 2.05) is 0 Å². The van der Waals surface area contributed by atoms with E-state index in [4.69, 9.17) is 0 Å². The van der Waals surface area contributed by atoms with Gasteiger partial charge in [0.2, 0.25) is 0 Å². The van der Waals surface area contributed by atoms with Gasteiger partial charge in [0.05, 0.1) is 5.70 Å². The van der Waals surface area contributed by atoms with Crippen LogP contribution in [0.15, 0.2) is 120 Å². The summed E-state index contributed by atoms with van der Waals surface area (Å²) in [5.41, 5.74) is 7.75. The fourth-order valence-corrected chi connectivity index (χ4v) is 4.00. The van der Waals surface area contributed by atoms with Gasteiger partial charge in [-0.1, -0.05) is 72.4 Å². The minimum Gasteiger partial charge on any atom is -0.310 e. The number of hydrogen-bond donors (Lipinski definition) is 0. The Morgan fingerprint density at radius 3 is 2.15 bits per heavy atom. The first-order valence-corrected chi connectivity index (χ1v) is 9.62. The third kappa shape index (κ3) is 3.33. The van der Waals surface area contributed by atoms with Gasteiger partial charge in [0.1, 0.15) is 0 Å². The Morgan fingerprint density at radius 2 is 1.56 bits per heavy atom. The Hall–Kier alpha value is -3.06. The second-order valence-electron chi connectivity index (χ2n) is 7.02. The minimum atomic E-state index is 0.485. The SMILES string of the molecule is C/C=C\C1=C(C)C2CC=CC=C2C=C1N(c1ccccc1)c1ccccc1. The van der Waals surface area contributed by atoms with Crippen molar-refractivity contribution in [3.63, 3.8) is 0 Å². The number of rotatable bonds is 4. The van der Waals surface area contributed by atoms with Gasteiger partial charge in [-0.25, -0.2) is 0 Å². The number of para-hydroxylation sites is 2. The zero-order chi connectivity index (χ0) is 18.6. The summed E-state index contributed by atoms with van der Waals surface area (Å²) in [6, 6.07) is 21.3. The molecule has 0 saturated carbocycles. The molecule has 0 saturated heterocycles. The third-order valence-electron chi connectivity index (χ3n) is 5.33. The average Bonchev–Trinajstić information content (AvgIpc) is 2.73. The molecule has 4 rings (SSSR count). The van der Waals surface area contributed by atoms with Crippen LogP contribution >= 0.6 is 0 Å². The number of benzene rings is 2. The molecule has 1 atom stereocenters. The standard InChI is InChI=1S/C26H25N/c1-3-12-25-20(2)24-18-11-10-13-21(24)19-26(25)27(22-14-6-4-7-15-22)23-16-8-5-9-17-23/h3-17,19,24H,18H2,1-2H3/b12-3-. The van der Waals surface area contributed by atoms with Crippen LogP contribution in [0.5, 0.6) is 0 Å². The van der Waals surface area contributed by atoms with Gasteiger partial charge in [-0.05, 0) is 61.8 Å². The Bertz CT molecular complexity index is 916. The van der Waals surface area contributed by atoms with Gasteiger partial charge >= 0.3 is 0 Å². The van der Waals surface area contributed by atoms with E-state index in [9.17, 15) is 0 Å². The molecule has 0 bridgehead atoms. The van der Waals surface area contributed by atoms with Crippen LogP contribution < -0.4 is 4.90 Å². The van der Waals surface area contributed by atoms with Crippen LogP contribution in [0, 0.1) is 5.92 Å². The number of nitrogens with zero attached hydrogens (tertiary/aromatic N) is 1. The molecule has 27 heavy (non-hydrogen) atoms. The number of anilines is 2. The Labute approximate surface area is 162 Å². The highest BCUT2D eigenvalue weighted by Gasteiger charge is 2.28. The highest BCUT2D eigenvalue weighted by atomic mass is 15.2. The van der Waals surface area contributed by atoms with E-state index in [-0.39, 0.29) is 0 Å². The maximum atomic E-state index is 2.37. The van der Waals surface area contributed by atoms with Gasteiger partial charge in [0, 0.05) is 17.3 Å². The van der Waals surface area contributed by atoms with Crippen molar-refractivity contribution in [2.45, 2.75) is 20.3 Å². The van der Waals surface area contributed by atoms with Crippen LogP contribution in [0.2, 0.25) is 0 Å². The topological polar surface area (TPSA) is 3.24 Å². The highest BCUT2D eigenvalue weighted by Crippen LogP contribution is 2.42. The first kappa shape index (κ1) is 17.4. The molecular formula is C26H25N. The zero-order valence-electron chi connectivity index (χ0n) is 16.0. The van der Waals surface area contributed by atoms with Crippen LogP contribution in [0.25, 0.3) is 0 Å². The van der Waals surface area contributed by atoms with Gasteiger partial charge in [0.25, 0.3) is 0 Å². The van der Waals surface area contributed by atoms with Crippen molar-refractivity contribution < 1.29 is 0 Å². The van der Waals surface area contributed by atoms with E-state index in [0.717, 1.165) is 6.42 Å². The van der Waals surface area contributed by atoms with Crippen LogP contribution in [0.1, 0.15) is 20.3 Å². The molecule has 2 aromatic rings. The van der Waals surface area contributed by atoms with Crippen molar-refractivity contribution in [1.82, 2.24) is 0 Å². The average molecular weight is 351 g/mol. The predicted octanol–water partition coefficient (Wildman–Crippen LogP) is 7.12. The first-order valence-electron chi connectivity index (χ1n) is 9.62. The highest BCUT2D eigenvalue weighted by molar-refractivity contribution is 5.74. The normalized spacial score (nSPS) is 19.0. The maximum absolute atomic E-state index is 2.37. The van der Waals surface area contributed by atoms with Crippen LogP contribution in [-0.2, 0) is 0 Å². The molecule has 0 radical (unpaired) electrons. The van der Waals surface area contributed by atoms with Gasteiger partial charge in [-0.3, -0.25) is 0 Å². The lowest BCUT2D eigenvalue weighted by Gasteiger charge is -2.35. The molecule has 0 heterocycles. The van der Waals surface area contributed by atoms with Gasteiger partial charge in [0.15, 0.2) is 0 Å². The quantitative estimate of drug-likeness (QED) is 0.567. The van der Waals surface area contributed by atoms with Crippen molar-refractivity contribution in [1.29, 1.82) is 0 Å². The number of hydrogen-bond acceptors (Lipinski definition) is 1. The molecule has 0 fully saturated rings. The van der Waals surface area contributed by atoms with Crippen LogP contribution in [-0.4, -0.2) is 0 Å². The Kier molecular flexibility index (Phi) is 4.93. The second-order valence-corrected chi connectivity index (χ2v) is 7.02. The smallest absolute Gasteiger partial charge is 0.0536 e. The predicted molar refractivity (Wildman–Crippen MR) is 116 cm³/mol. The second kappa shape index (κ2) is 7.67. The van der Waals surface area contributed by atoms with Crippen molar-refractivity contribution in [3.05, 3.63) is 120 Å². The molecule has 2 aliphatic carbocycles. The molecule has 1 unspecified atom stereocenters. The van der Waals surface area contributed by atoms with Gasteiger partial charge < -0.3 is 4.90 Å². The fraction of sp³-hybridized carbons (Fsp3) is 0.154. The third-order valence-corrected chi connectivity index (χ3v) is 5.33. The molecule has 0 N–H and O–H groups in total. The molecule has 0 spiro atoms. The summed E-state index contributed by atoms with van der Waals surface area (Å²) in [4.78, 5) is 2.37. The zero-order valence-corrected chi connectivity index (χ0v) is 16.0. The summed E-state index contributed by atoms with van der Waals surface area (Å²) in [6.07, 6.45) is 14.6. The van der Waals surface area contributed by atoms with Crippen molar-refractivity contribution >= 4 is 11.4 Å². The summed E-state index contributed by atoms with van der Waals surface area (Å²) in [7, 11) is 0. The lowest BCUT2D eigenvalue weighted by Crippen LogP contribution is -2.23. The van der Waals surface area contributed by atoms with Crippen molar-refractivity contribution in [2.75, 3.05) is 4.90 Å². The van der Waals surface area contributed by atoms with Crippen molar-refractivity contribution in [2.24, 2.45) is 5.92 Å². The summed E-state index contributed by atoms with van der Waals surface area (Å²) in [6.45, 7) is 4.38. The summed E-state index contributed by atoms with van der Waals surface area (Å²) >= 11 is 0. The summed E-state index contributed by atoms with van der Waals surface area (Å²) in [5.74, 6) is 0.485. The lowest BCUT2D eigenvalue weighted by atomic mass is 9.78. The fourth-order valence-electron chi connectivity index (χ4n) is 4.00. The summed E-state index contributed by atoms with van der Waals surface area (Å²) < 4.78 is 0. The number of allylic oxidation sites excluding steroid dienone is 8. The molecule has 2 aliphatic rings. The molecular weight excluding hydrogens is 326 g/mol. The Balaban J connectivity index is 1.93.